The first-order chi connectivity index (χ1) is 10.7. The standard InChI is InChI=1S/C16H23N5O/c1-2-18-9-5-11-19-14-8-3-7-13(21-14)15(22)12-6-4-10-20-16(12)17/h3-4,6-7,10,14,18-19H,2,5,8-9,11H2,1H3,(H2,17,20). The highest BCUT2D eigenvalue weighted by atomic mass is 16.1. The number of aliphatic imine (C=N–C) groups is 1. The molecular weight excluding hydrogens is 278 g/mol. The second-order valence-corrected chi connectivity index (χ2v) is 5.09. The number of aromatic nitrogens is 1. The molecule has 0 bridgehead atoms. The summed E-state index contributed by atoms with van der Waals surface area (Å²) in [6, 6.07) is 3.38. The average molecular weight is 301 g/mol. The molecule has 22 heavy (non-hydrogen) atoms. The zero-order valence-corrected chi connectivity index (χ0v) is 12.9. The summed E-state index contributed by atoms with van der Waals surface area (Å²) in [5.41, 5.74) is 6.58. The van der Waals surface area contributed by atoms with Crippen molar-refractivity contribution in [3.63, 3.8) is 0 Å². The minimum absolute atomic E-state index is 0.0523. The maximum atomic E-state index is 12.4. The molecule has 0 spiro atoms. The summed E-state index contributed by atoms with van der Waals surface area (Å²) in [5, 5.41) is 6.63. The molecule has 0 amide bonds. The Morgan fingerprint density at radius 1 is 1.45 bits per heavy atom. The lowest BCUT2D eigenvalue weighted by Crippen LogP contribution is -2.33. The summed E-state index contributed by atoms with van der Waals surface area (Å²) in [5.74, 6) is 0.0605. The van der Waals surface area contributed by atoms with E-state index in [0.29, 0.717) is 11.3 Å². The molecule has 1 aromatic rings. The summed E-state index contributed by atoms with van der Waals surface area (Å²) in [6.07, 6.45) is 7.06. The highest BCUT2D eigenvalue weighted by Crippen LogP contribution is 2.13. The molecule has 1 atom stereocenters. The van der Waals surface area contributed by atoms with Crippen LogP contribution in [0.4, 0.5) is 5.82 Å². The van der Waals surface area contributed by atoms with Gasteiger partial charge in [0.1, 0.15) is 17.7 Å². The first-order valence-corrected chi connectivity index (χ1v) is 7.66. The van der Waals surface area contributed by atoms with Crippen LogP contribution in [0.15, 0.2) is 35.5 Å². The Hall–Kier alpha value is -2.05. The van der Waals surface area contributed by atoms with E-state index in [1.807, 2.05) is 6.08 Å². The number of allylic oxidation sites excluding steroid dienone is 1. The second-order valence-electron chi connectivity index (χ2n) is 5.09. The van der Waals surface area contributed by atoms with Crippen LogP contribution in [0, 0.1) is 0 Å². The predicted octanol–water partition coefficient (Wildman–Crippen LogP) is 1.16. The Balaban J connectivity index is 1.94. The molecule has 0 fully saturated rings. The van der Waals surface area contributed by atoms with Crippen LogP contribution in [0.5, 0.6) is 0 Å². The third-order valence-corrected chi connectivity index (χ3v) is 3.41. The molecule has 1 aliphatic rings. The topological polar surface area (TPSA) is 92.4 Å². The number of nitrogens with zero attached hydrogens (tertiary/aromatic N) is 2. The van der Waals surface area contributed by atoms with Crippen molar-refractivity contribution in [3.8, 4) is 0 Å². The van der Waals surface area contributed by atoms with E-state index in [9.17, 15) is 4.79 Å². The number of carbonyl (C=O) groups is 1. The third-order valence-electron chi connectivity index (χ3n) is 3.41. The molecule has 0 aliphatic carbocycles. The van der Waals surface area contributed by atoms with E-state index in [4.69, 9.17) is 5.73 Å². The Labute approximate surface area is 130 Å². The Morgan fingerprint density at radius 2 is 2.32 bits per heavy atom. The van der Waals surface area contributed by atoms with Crippen molar-refractivity contribution in [2.24, 2.45) is 4.99 Å². The number of nitrogens with one attached hydrogen (secondary N) is 2. The molecule has 2 rings (SSSR count). The molecule has 1 unspecified atom stereocenters. The summed E-state index contributed by atoms with van der Waals surface area (Å²) in [6.45, 7) is 4.92. The van der Waals surface area contributed by atoms with Gasteiger partial charge in [0.15, 0.2) is 0 Å². The van der Waals surface area contributed by atoms with Crippen LogP contribution >= 0.6 is 0 Å². The van der Waals surface area contributed by atoms with Crippen molar-refractivity contribution in [2.75, 3.05) is 25.4 Å². The maximum Gasteiger partial charge on any atom is 0.214 e. The minimum Gasteiger partial charge on any atom is -0.383 e. The molecular formula is C16H23N5O. The van der Waals surface area contributed by atoms with Crippen LogP contribution in [0.2, 0.25) is 0 Å². The molecule has 4 N–H and O–H groups in total. The lowest BCUT2D eigenvalue weighted by molar-refractivity contribution is 0.106. The van der Waals surface area contributed by atoms with Gasteiger partial charge in [-0.15, -0.1) is 0 Å². The number of anilines is 1. The van der Waals surface area contributed by atoms with E-state index in [-0.39, 0.29) is 17.8 Å². The summed E-state index contributed by atoms with van der Waals surface area (Å²) < 4.78 is 0. The van der Waals surface area contributed by atoms with Gasteiger partial charge < -0.3 is 11.1 Å². The van der Waals surface area contributed by atoms with Gasteiger partial charge in [0.05, 0.1) is 5.56 Å². The zero-order chi connectivity index (χ0) is 15.8. The molecule has 0 saturated heterocycles. The monoisotopic (exact) mass is 301 g/mol. The van der Waals surface area contributed by atoms with E-state index in [1.165, 1.54) is 0 Å². The first-order valence-electron chi connectivity index (χ1n) is 7.66. The fraction of sp³-hybridized carbons (Fsp3) is 0.438. The highest BCUT2D eigenvalue weighted by molar-refractivity contribution is 6.50. The minimum atomic E-state index is -0.180. The number of nitrogen functional groups attached to an aromatic ring is 1. The van der Waals surface area contributed by atoms with Gasteiger partial charge in [-0.2, -0.15) is 0 Å². The molecule has 6 heteroatoms. The molecule has 118 valence electrons. The van der Waals surface area contributed by atoms with E-state index in [2.05, 4.69) is 27.5 Å². The summed E-state index contributed by atoms with van der Waals surface area (Å²) in [7, 11) is 0. The predicted molar refractivity (Wildman–Crippen MR) is 89.1 cm³/mol. The number of hydrogen-bond acceptors (Lipinski definition) is 6. The van der Waals surface area contributed by atoms with Gasteiger partial charge >= 0.3 is 0 Å². The van der Waals surface area contributed by atoms with E-state index in [0.717, 1.165) is 32.5 Å². The largest absolute Gasteiger partial charge is 0.383 e. The van der Waals surface area contributed by atoms with Gasteiger partial charge in [0.2, 0.25) is 5.78 Å². The van der Waals surface area contributed by atoms with Gasteiger partial charge in [0.25, 0.3) is 0 Å². The van der Waals surface area contributed by atoms with Crippen LogP contribution in [0.3, 0.4) is 0 Å². The number of nitrogens with two attached hydrogens (primary N) is 1. The molecule has 1 aromatic heterocycles. The number of dihydropyridines is 1. The fourth-order valence-corrected chi connectivity index (χ4v) is 2.24. The molecule has 0 aromatic carbocycles. The van der Waals surface area contributed by atoms with Crippen molar-refractivity contribution in [1.29, 1.82) is 0 Å². The van der Waals surface area contributed by atoms with Crippen molar-refractivity contribution < 1.29 is 4.79 Å². The van der Waals surface area contributed by atoms with Gasteiger partial charge in [-0.3, -0.25) is 15.1 Å². The van der Waals surface area contributed by atoms with Crippen LogP contribution < -0.4 is 16.4 Å². The van der Waals surface area contributed by atoms with E-state index >= 15 is 0 Å². The number of Topliss-reactive ketones (excluding diaryl/α,β-unsaturated/α-hetero) is 1. The van der Waals surface area contributed by atoms with Gasteiger partial charge in [-0.05, 0) is 44.3 Å². The second kappa shape index (κ2) is 8.41. The lowest BCUT2D eigenvalue weighted by Gasteiger charge is -2.17. The normalized spacial score (nSPS) is 17.3. The average Bonchev–Trinajstić information content (AvgIpc) is 2.55. The highest BCUT2D eigenvalue weighted by Gasteiger charge is 2.19. The number of ketones is 1. The SMILES string of the molecule is CCNCCCNC1CC=CC(C(=O)c2cccnc2N)=N1. The fourth-order valence-electron chi connectivity index (χ4n) is 2.24. The van der Waals surface area contributed by atoms with E-state index < -0.39 is 0 Å². The van der Waals surface area contributed by atoms with E-state index in [1.54, 1.807) is 24.4 Å². The van der Waals surface area contributed by atoms with Gasteiger partial charge in [0, 0.05) is 12.6 Å². The number of hydrogen-bond donors (Lipinski definition) is 3. The Bertz CT molecular complexity index is 567. The molecule has 0 radical (unpaired) electrons. The van der Waals surface area contributed by atoms with Crippen LogP contribution in [-0.2, 0) is 0 Å². The zero-order valence-electron chi connectivity index (χ0n) is 12.9. The van der Waals surface area contributed by atoms with Crippen molar-refractivity contribution in [3.05, 3.63) is 36.0 Å². The Kier molecular flexibility index (Phi) is 6.24. The Morgan fingerprint density at radius 3 is 3.09 bits per heavy atom. The first kappa shape index (κ1) is 16.3. The number of carbonyl (C=O) groups excluding carboxylic acids is 1. The summed E-state index contributed by atoms with van der Waals surface area (Å²) >= 11 is 0. The summed E-state index contributed by atoms with van der Waals surface area (Å²) in [4.78, 5) is 20.9. The smallest absolute Gasteiger partial charge is 0.214 e. The number of rotatable bonds is 8. The third kappa shape index (κ3) is 4.47. The molecule has 6 nitrogen and oxygen atoms in total. The lowest BCUT2D eigenvalue weighted by atomic mass is 10.0. The molecule has 1 aliphatic heterocycles. The van der Waals surface area contributed by atoms with Crippen LogP contribution in [0.25, 0.3) is 0 Å². The van der Waals surface area contributed by atoms with Crippen molar-refractivity contribution in [2.45, 2.75) is 25.9 Å². The van der Waals surface area contributed by atoms with Gasteiger partial charge in [-0.1, -0.05) is 13.0 Å². The van der Waals surface area contributed by atoms with Gasteiger partial charge in [-0.25, -0.2) is 4.98 Å². The maximum absolute atomic E-state index is 12.4. The van der Waals surface area contributed by atoms with Crippen LogP contribution in [0.1, 0.15) is 30.1 Å². The van der Waals surface area contributed by atoms with Crippen LogP contribution in [-0.4, -0.2) is 42.3 Å². The number of pyridine rings is 1. The quantitative estimate of drug-likeness (QED) is 0.495. The van der Waals surface area contributed by atoms with Crippen molar-refractivity contribution in [1.82, 2.24) is 15.6 Å². The molecule has 2 heterocycles. The molecule has 0 saturated carbocycles. The van der Waals surface area contributed by atoms with Crippen molar-refractivity contribution >= 4 is 17.3 Å².